The van der Waals surface area contributed by atoms with Crippen LogP contribution in [0.15, 0.2) is 24.3 Å². The summed E-state index contributed by atoms with van der Waals surface area (Å²) in [6.07, 6.45) is 2.16. The van der Waals surface area contributed by atoms with Crippen LogP contribution in [0.1, 0.15) is 39.7 Å². The van der Waals surface area contributed by atoms with Crippen molar-refractivity contribution in [2.45, 2.75) is 46.6 Å². The third-order valence-electron chi connectivity index (χ3n) is 3.16. The fourth-order valence-corrected chi connectivity index (χ4v) is 2.32. The van der Waals surface area contributed by atoms with Gasteiger partial charge in [0, 0.05) is 11.1 Å². The average Bonchev–Trinajstić information content (AvgIpc) is 2.24. The molecule has 1 aromatic carbocycles. The van der Waals surface area contributed by atoms with Gasteiger partial charge in [0.25, 0.3) is 0 Å². The minimum Gasteiger partial charge on any atom is -0.314 e. The van der Waals surface area contributed by atoms with Gasteiger partial charge in [0.1, 0.15) is 0 Å². The summed E-state index contributed by atoms with van der Waals surface area (Å²) in [6, 6.07) is 8.66. The second kappa shape index (κ2) is 6.42. The monoisotopic (exact) mass is 253 g/mol. The van der Waals surface area contributed by atoms with Crippen LogP contribution in [0, 0.1) is 5.41 Å². The highest BCUT2D eigenvalue weighted by atomic mass is 35.5. The molecule has 1 atom stereocenters. The Morgan fingerprint density at radius 1 is 1.24 bits per heavy atom. The predicted octanol–water partition coefficient (Wildman–Crippen LogP) is 4.30. The van der Waals surface area contributed by atoms with Crippen molar-refractivity contribution in [3.8, 4) is 0 Å². The van der Waals surface area contributed by atoms with Gasteiger partial charge in [-0.05, 0) is 36.4 Å². The highest BCUT2D eigenvalue weighted by molar-refractivity contribution is 6.31. The van der Waals surface area contributed by atoms with Gasteiger partial charge in [-0.2, -0.15) is 0 Å². The van der Waals surface area contributed by atoms with Crippen LogP contribution in [0.3, 0.4) is 0 Å². The van der Waals surface area contributed by atoms with E-state index in [1.807, 2.05) is 12.1 Å². The lowest BCUT2D eigenvalue weighted by atomic mass is 9.83. The molecule has 0 bridgehead atoms. The van der Waals surface area contributed by atoms with E-state index in [1.54, 1.807) is 0 Å². The summed E-state index contributed by atoms with van der Waals surface area (Å²) in [6.45, 7) is 10.0. The molecule has 96 valence electrons. The molecule has 0 heterocycles. The van der Waals surface area contributed by atoms with Gasteiger partial charge >= 0.3 is 0 Å². The van der Waals surface area contributed by atoms with Crippen molar-refractivity contribution < 1.29 is 0 Å². The summed E-state index contributed by atoms with van der Waals surface area (Å²) in [7, 11) is 0. The topological polar surface area (TPSA) is 12.0 Å². The third-order valence-corrected chi connectivity index (χ3v) is 3.52. The van der Waals surface area contributed by atoms with E-state index in [9.17, 15) is 0 Å². The molecular formula is C15H24ClN. The zero-order valence-corrected chi connectivity index (χ0v) is 12.1. The quantitative estimate of drug-likeness (QED) is 0.825. The van der Waals surface area contributed by atoms with Crippen LogP contribution >= 0.6 is 11.6 Å². The molecule has 0 aliphatic rings. The molecule has 1 rings (SSSR count). The van der Waals surface area contributed by atoms with E-state index in [-0.39, 0.29) is 5.41 Å². The van der Waals surface area contributed by atoms with E-state index in [0.29, 0.717) is 6.04 Å². The van der Waals surface area contributed by atoms with Crippen LogP contribution in [0.2, 0.25) is 5.02 Å². The number of aryl methyl sites for hydroxylation is 1. The Bertz CT molecular complexity index is 341. The Morgan fingerprint density at radius 2 is 1.88 bits per heavy atom. The molecule has 17 heavy (non-hydrogen) atoms. The minimum absolute atomic E-state index is 0.289. The first-order chi connectivity index (χ1) is 7.95. The van der Waals surface area contributed by atoms with Gasteiger partial charge in [0.15, 0.2) is 0 Å². The second-order valence-electron chi connectivity index (χ2n) is 5.61. The average molecular weight is 254 g/mol. The highest BCUT2D eigenvalue weighted by Gasteiger charge is 2.23. The van der Waals surface area contributed by atoms with Gasteiger partial charge in [0.05, 0.1) is 0 Å². The van der Waals surface area contributed by atoms with Gasteiger partial charge < -0.3 is 5.32 Å². The first-order valence-electron chi connectivity index (χ1n) is 6.42. The van der Waals surface area contributed by atoms with Crippen molar-refractivity contribution in [3.05, 3.63) is 34.9 Å². The molecule has 1 N–H and O–H groups in total. The maximum atomic E-state index is 6.18. The summed E-state index contributed by atoms with van der Waals surface area (Å²) < 4.78 is 0. The molecule has 2 heteroatoms. The number of nitrogens with one attached hydrogen (secondary N) is 1. The number of hydrogen-bond acceptors (Lipinski definition) is 1. The number of rotatable bonds is 5. The first kappa shape index (κ1) is 14.5. The largest absolute Gasteiger partial charge is 0.314 e. The van der Waals surface area contributed by atoms with E-state index >= 15 is 0 Å². The summed E-state index contributed by atoms with van der Waals surface area (Å²) >= 11 is 6.18. The molecular weight excluding hydrogens is 230 g/mol. The van der Waals surface area contributed by atoms with Crippen molar-refractivity contribution in [2.75, 3.05) is 6.54 Å². The highest BCUT2D eigenvalue weighted by Crippen LogP contribution is 2.25. The Kier molecular flexibility index (Phi) is 5.48. The second-order valence-corrected chi connectivity index (χ2v) is 6.01. The summed E-state index contributed by atoms with van der Waals surface area (Å²) in [4.78, 5) is 0. The van der Waals surface area contributed by atoms with E-state index in [4.69, 9.17) is 11.6 Å². The normalized spacial score (nSPS) is 13.7. The lowest BCUT2D eigenvalue weighted by Gasteiger charge is -2.31. The zero-order chi connectivity index (χ0) is 12.9. The number of hydrogen-bond donors (Lipinski definition) is 1. The van der Waals surface area contributed by atoms with Crippen LogP contribution < -0.4 is 5.32 Å². The van der Waals surface area contributed by atoms with Crippen molar-refractivity contribution >= 4 is 11.6 Å². The van der Waals surface area contributed by atoms with E-state index in [1.165, 1.54) is 5.56 Å². The van der Waals surface area contributed by atoms with E-state index in [2.05, 4.69) is 45.1 Å². The fraction of sp³-hybridized carbons (Fsp3) is 0.600. The van der Waals surface area contributed by atoms with Crippen LogP contribution in [-0.2, 0) is 6.42 Å². The van der Waals surface area contributed by atoms with Crippen molar-refractivity contribution in [3.63, 3.8) is 0 Å². The molecule has 0 amide bonds. The molecule has 0 radical (unpaired) electrons. The molecule has 0 saturated carbocycles. The van der Waals surface area contributed by atoms with Gasteiger partial charge in [-0.3, -0.25) is 0 Å². The minimum atomic E-state index is 0.289. The number of halogens is 1. The summed E-state index contributed by atoms with van der Waals surface area (Å²) in [5, 5.41) is 4.45. The summed E-state index contributed by atoms with van der Waals surface area (Å²) in [5.74, 6) is 0. The Labute approximate surface area is 111 Å². The molecule has 1 aromatic rings. The summed E-state index contributed by atoms with van der Waals surface area (Å²) in [5.41, 5.74) is 1.54. The maximum absolute atomic E-state index is 6.18. The van der Waals surface area contributed by atoms with Crippen LogP contribution in [0.4, 0.5) is 0 Å². The van der Waals surface area contributed by atoms with Crippen molar-refractivity contribution in [1.29, 1.82) is 0 Å². The van der Waals surface area contributed by atoms with E-state index in [0.717, 1.165) is 24.4 Å². The van der Waals surface area contributed by atoms with E-state index < -0.39 is 0 Å². The molecule has 0 aliphatic heterocycles. The molecule has 0 fully saturated rings. The molecule has 1 unspecified atom stereocenters. The Hall–Kier alpha value is -0.530. The lowest BCUT2D eigenvalue weighted by molar-refractivity contribution is 0.258. The third kappa shape index (κ3) is 4.69. The smallest absolute Gasteiger partial charge is 0.0437 e. The molecule has 0 aromatic heterocycles. The van der Waals surface area contributed by atoms with Crippen molar-refractivity contribution in [2.24, 2.45) is 5.41 Å². The molecule has 0 saturated heterocycles. The molecule has 1 nitrogen and oxygen atoms in total. The van der Waals surface area contributed by atoms with Gasteiger partial charge in [-0.1, -0.05) is 57.5 Å². The number of benzene rings is 1. The molecule has 0 aliphatic carbocycles. The Morgan fingerprint density at radius 3 is 2.41 bits per heavy atom. The van der Waals surface area contributed by atoms with Crippen LogP contribution in [0.5, 0.6) is 0 Å². The van der Waals surface area contributed by atoms with Gasteiger partial charge in [-0.25, -0.2) is 0 Å². The lowest BCUT2D eigenvalue weighted by Crippen LogP contribution is -2.40. The fourth-order valence-electron chi connectivity index (χ4n) is 2.09. The zero-order valence-electron chi connectivity index (χ0n) is 11.4. The Balaban J connectivity index is 2.61. The van der Waals surface area contributed by atoms with Gasteiger partial charge in [0.2, 0.25) is 0 Å². The first-order valence-corrected chi connectivity index (χ1v) is 6.79. The van der Waals surface area contributed by atoms with Crippen molar-refractivity contribution in [1.82, 2.24) is 5.32 Å². The molecule has 0 spiro atoms. The SMILES string of the molecule is CCNC(CCc1ccccc1Cl)C(C)(C)C. The van der Waals surface area contributed by atoms with Gasteiger partial charge in [-0.15, -0.1) is 0 Å². The van der Waals surface area contributed by atoms with Crippen LogP contribution in [0.25, 0.3) is 0 Å². The predicted molar refractivity (Wildman–Crippen MR) is 76.7 cm³/mol. The van der Waals surface area contributed by atoms with Crippen LogP contribution in [-0.4, -0.2) is 12.6 Å². The standard InChI is InChI=1S/C15H24ClN/c1-5-17-14(15(2,3)4)11-10-12-8-6-7-9-13(12)16/h6-9,14,17H,5,10-11H2,1-4H3. The maximum Gasteiger partial charge on any atom is 0.0437 e.